The number of carbonyl (C=O) groups excluding carboxylic acids is 2. The van der Waals surface area contributed by atoms with E-state index in [-0.39, 0.29) is 28.3 Å². The maximum absolute atomic E-state index is 12.7. The standard InChI is InChI=1S/C21H39N3O2S/c1-7-16(3)22-19(26)17-14-27-21(23-17)8-10-24(11-9-21)18(25)12-15(2)13-20(4,5)6/h15-17,23H,7-14H2,1-6H3,(H,22,26)/p+1/t15-,16-,17-/m1/s1. The van der Waals surface area contributed by atoms with Crippen molar-refractivity contribution in [1.82, 2.24) is 10.2 Å². The molecule has 156 valence electrons. The first kappa shape index (κ1) is 22.5. The van der Waals surface area contributed by atoms with Crippen molar-refractivity contribution in [3.8, 4) is 0 Å². The Morgan fingerprint density at radius 1 is 1.26 bits per heavy atom. The van der Waals surface area contributed by atoms with E-state index in [1.807, 2.05) is 16.7 Å². The zero-order chi connectivity index (χ0) is 20.2. The van der Waals surface area contributed by atoms with Gasteiger partial charge in [-0.1, -0.05) is 46.4 Å². The lowest BCUT2D eigenvalue weighted by Gasteiger charge is -2.37. The molecule has 0 saturated carbocycles. The summed E-state index contributed by atoms with van der Waals surface area (Å²) in [5.74, 6) is 1.77. The molecule has 0 aromatic carbocycles. The SMILES string of the molecule is CC[C@@H](C)NC(=O)[C@H]1CSC2(CCN(C(=O)C[C@@H](C)CC(C)(C)C)CC2)[NH2+]1. The number of amides is 2. The van der Waals surface area contributed by atoms with Gasteiger partial charge in [0, 0.05) is 38.4 Å². The van der Waals surface area contributed by atoms with Gasteiger partial charge in [0.1, 0.15) is 4.87 Å². The fraction of sp³-hybridized carbons (Fsp3) is 0.905. The van der Waals surface area contributed by atoms with E-state index in [9.17, 15) is 9.59 Å². The molecule has 0 aromatic rings. The number of nitrogens with two attached hydrogens (primary N) is 1. The molecule has 2 heterocycles. The summed E-state index contributed by atoms with van der Waals surface area (Å²) in [5, 5.41) is 5.39. The predicted octanol–water partition coefficient (Wildman–Crippen LogP) is 2.36. The third-order valence-corrected chi connectivity index (χ3v) is 7.48. The molecule has 2 rings (SSSR count). The van der Waals surface area contributed by atoms with Crippen LogP contribution in [0.1, 0.15) is 73.6 Å². The van der Waals surface area contributed by atoms with Gasteiger partial charge >= 0.3 is 0 Å². The fourth-order valence-electron chi connectivity index (χ4n) is 4.31. The molecule has 2 saturated heterocycles. The van der Waals surface area contributed by atoms with Gasteiger partial charge in [-0.05, 0) is 31.1 Å². The summed E-state index contributed by atoms with van der Waals surface area (Å²) >= 11 is 1.92. The van der Waals surface area contributed by atoms with Crippen LogP contribution in [0.25, 0.3) is 0 Å². The molecule has 0 radical (unpaired) electrons. The second kappa shape index (κ2) is 9.17. The van der Waals surface area contributed by atoms with Crippen molar-refractivity contribution in [2.45, 2.75) is 90.6 Å². The minimum Gasteiger partial charge on any atom is -0.348 e. The van der Waals surface area contributed by atoms with E-state index in [0.29, 0.717) is 18.2 Å². The Morgan fingerprint density at radius 2 is 1.89 bits per heavy atom. The van der Waals surface area contributed by atoms with Gasteiger partial charge in [0.25, 0.3) is 5.91 Å². The predicted molar refractivity (Wildman–Crippen MR) is 112 cm³/mol. The summed E-state index contributed by atoms with van der Waals surface area (Å²) < 4.78 is 0. The molecule has 6 heteroatoms. The van der Waals surface area contributed by atoms with Crippen LogP contribution in [0.3, 0.4) is 0 Å². The van der Waals surface area contributed by atoms with E-state index >= 15 is 0 Å². The smallest absolute Gasteiger partial charge is 0.279 e. The Kier molecular flexibility index (Phi) is 7.65. The Balaban J connectivity index is 1.79. The number of hydrogen-bond acceptors (Lipinski definition) is 3. The van der Waals surface area contributed by atoms with Crippen molar-refractivity contribution in [1.29, 1.82) is 0 Å². The molecule has 2 fully saturated rings. The minimum absolute atomic E-state index is 0.0121. The first-order chi connectivity index (χ1) is 12.5. The van der Waals surface area contributed by atoms with Gasteiger partial charge in [-0.2, -0.15) is 0 Å². The molecule has 0 unspecified atom stereocenters. The zero-order valence-corrected chi connectivity index (χ0v) is 19.0. The first-order valence-electron chi connectivity index (χ1n) is 10.6. The highest BCUT2D eigenvalue weighted by Crippen LogP contribution is 2.34. The molecule has 1 spiro atoms. The Labute approximate surface area is 169 Å². The van der Waals surface area contributed by atoms with Crippen LogP contribution < -0.4 is 10.6 Å². The summed E-state index contributed by atoms with van der Waals surface area (Å²) in [6.07, 6.45) is 4.64. The average molecular weight is 399 g/mol. The van der Waals surface area contributed by atoms with Crippen molar-refractivity contribution in [3.05, 3.63) is 0 Å². The van der Waals surface area contributed by atoms with Crippen LogP contribution in [0, 0.1) is 11.3 Å². The summed E-state index contributed by atoms with van der Waals surface area (Å²) in [4.78, 5) is 27.2. The molecule has 3 N–H and O–H groups in total. The van der Waals surface area contributed by atoms with Crippen molar-refractivity contribution >= 4 is 23.6 Å². The highest BCUT2D eigenvalue weighted by Gasteiger charge is 2.48. The quantitative estimate of drug-likeness (QED) is 0.722. The molecule has 2 aliphatic heterocycles. The third-order valence-electron chi connectivity index (χ3n) is 5.84. The third kappa shape index (κ3) is 6.67. The highest BCUT2D eigenvalue weighted by molar-refractivity contribution is 8.00. The molecule has 5 nitrogen and oxygen atoms in total. The van der Waals surface area contributed by atoms with Crippen LogP contribution in [-0.4, -0.2) is 52.5 Å². The largest absolute Gasteiger partial charge is 0.348 e. The molecular formula is C21H40N3O2S+. The maximum Gasteiger partial charge on any atom is 0.279 e. The molecule has 2 amide bonds. The molecule has 0 aliphatic carbocycles. The van der Waals surface area contributed by atoms with Gasteiger partial charge in [-0.25, -0.2) is 0 Å². The number of piperidine rings is 1. The van der Waals surface area contributed by atoms with Gasteiger partial charge in [0.15, 0.2) is 6.04 Å². The lowest BCUT2D eigenvalue weighted by atomic mass is 9.84. The minimum atomic E-state index is 0.0121. The number of thioether (sulfide) groups is 1. The van der Waals surface area contributed by atoms with Gasteiger partial charge in [-0.15, -0.1) is 0 Å². The van der Waals surface area contributed by atoms with Crippen LogP contribution in [0.5, 0.6) is 0 Å². The second-order valence-corrected chi connectivity index (χ2v) is 11.4. The van der Waals surface area contributed by atoms with Gasteiger partial charge < -0.3 is 15.5 Å². The maximum atomic E-state index is 12.7. The van der Waals surface area contributed by atoms with Crippen molar-refractivity contribution in [3.63, 3.8) is 0 Å². The lowest BCUT2D eigenvalue weighted by molar-refractivity contribution is -0.714. The average Bonchev–Trinajstić information content (AvgIpc) is 2.97. The molecule has 0 aromatic heterocycles. The summed E-state index contributed by atoms with van der Waals surface area (Å²) in [5.41, 5.74) is 0.270. The van der Waals surface area contributed by atoms with Crippen LogP contribution in [0.15, 0.2) is 0 Å². The van der Waals surface area contributed by atoms with E-state index in [4.69, 9.17) is 0 Å². The fourth-order valence-corrected chi connectivity index (χ4v) is 5.80. The Hall–Kier alpha value is -0.750. The molecule has 3 atom stereocenters. The molecule has 2 aliphatic rings. The van der Waals surface area contributed by atoms with Gasteiger partial charge in [-0.3, -0.25) is 9.59 Å². The molecular weight excluding hydrogens is 358 g/mol. The monoisotopic (exact) mass is 398 g/mol. The molecule has 27 heavy (non-hydrogen) atoms. The lowest BCUT2D eigenvalue weighted by Crippen LogP contribution is -3.00. The van der Waals surface area contributed by atoms with E-state index in [1.54, 1.807) is 0 Å². The summed E-state index contributed by atoms with van der Waals surface area (Å²) in [7, 11) is 0. The Bertz CT molecular complexity index is 524. The topological polar surface area (TPSA) is 66.0 Å². The number of carbonyl (C=O) groups is 2. The number of likely N-dealkylation sites (tertiary alicyclic amines) is 1. The van der Waals surface area contributed by atoms with E-state index < -0.39 is 0 Å². The van der Waals surface area contributed by atoms with E-state index in [0.717, 1.165) is 44.5 Å². The van der Waals surface area contributed by atoms with Crippen molar-refractivity contribution in [2.75, 3.05) is 18.8 Å². The Morgan fingerprint density at radius 3 is 2.44 bits per heavy atom. The zero-order valence-electron chi connectivity index (χ0n) is 18.1. The van der Waals surface area contributed by atoms with Gasteiger partial charge in [0.2, 0.25) is 5.91 Å². The number of nitrogens with one attached hydrogen (secondary N) is 1. The highest BCUT2D eigenvalue weighted by atomic mass is 32.2. The number of rotatable bonds is 6. The van der Waals surface area contributed by atoms with Crippen molar-refractivity contribution < 1.29 is 14.9 Å². The van der Waals surface area contributed by atoms with Gasteiger partial charge in [0.05, 0.1) is 5.75 Å². The number of hydrogen-bond donors (Lipinski definition) is 2. The normalized spacial score (nSPS) is 24.7. The number of nitrogens with zero attached hydrogens (tertiary/aromatic N) is 1. The van der Waals surface area contributed by atoms with Crippen molar-refractivity contribution in [2.24, 2.45) is 11.3 Å². The number of quaternary nitrogens is 1. The van der Waals surface area contributed by atoms with Crippen LogP contribution in [0.4, 0.5) is 0 Å². The van der Waals surface area contributed by atoms with E-state index in [2.05, 4.69) is 52.2 Å². The van der Waals surface area contributed by atoms with E-state index in [1.165, 1.54) is 0 Å². The van der Waals surface area contributed by atoms with Crippen LogP contribution in [-0.2, 0) is 9.59 Å². The second-order valence-electron chi connectivity index (χ2n) is 9.92. The summed E-state index contributed by atoms with van der Waals surface area (Å²) in [6.45, 7) is 14.7. The first-order valence-corrected chi connectivity index (χ1v) is 11.6. The van der Waals surface area contributed by atoms with Crippen LogP contribution in [0.2, 0.25) is 0 Å². The molecule has 0 bridgehead atoms. The van der Waals surface area contributed by atoms with Crippen LogP contribution >= 0.6 is 11.8 Å². The summed E-state index contributed by atoms with van der Waals surface area (Å²) in [6, 6.07) is 0.250.